The van der Waals surface area contributed by atoms with Crippen molar-refractivity contribution in [3.05, 3.63) is 84.0 Å². The minimum Gasteiger partial charge on any atom is -0.486 e. The van der Waals surface area contributed by atoms with Gasteiger partial charge in [-0.3, -0.25) is 4.57 Å². The Labute approximate surface area is 172 Å². The Bertz CT molecular complexity index is 972. The average Bonchev–Trinajstić information content (AvgIpc) is 3.13. The first-order chi connectivity index (χ1) is 14.1. The maximum atomic E-state index is 13.0. The number of nitrogens with zero attached hydrogens (tertiary/aromatic N) is 3. The number of rotatable bonds is 9. The van der Waals surface area contributed by atoms with Gasteiger partial charge in [0.15, 0.2) is 11.0 Å². The van der Waals surface area contributed by atoms with E-state index in [2.05, 4.69) is 16.8 Å². The van der Waals surface area contributed by atoms with Gasteiger partial charge in [0.1, 0.15) is 18.2 Å². The Kier molecular flexibility index (Phi) is 7.02. The van der Waals surface area contributed by atoms with Crippen LogP contribution >= 0.6 is 11.8 Å². The third-order valence-electron chi connectivity index (χ3n) is 4.03. The van der Waals surface area contributed by atoms with E-state index < -0.39 is 0 Å². The summed E-state index contributed by atoms with van der Waals surface area (Å²) in [5, 5.41) is 9.20. The molecular formula is C21H20FN3O3S. The second kappa shape index (κ2) is 9.88. The fraction of sp³-hybridized carbons (Fsp3) is 0.190. The van der Waals surface area contributed by atoms with Crippen molar-refractivity contribution >= 4 is 17.7 Å². The zero-order valence-electron chi connectivity index (χ0n) is 15.9. The first kappa shape index (κ1) is 20.6. The Morgan fingerprint density at radius 1 is 1.17 bits per heavy atom. The van der Waals surface area contributed by atoms with Crippen LogP contribution in [-0.4, -0.2) is 27.8 Å². The van der Waals surface area contributed by atoms with E-state index >= 15 is 0 Å². The lowest BCUT2D eigenvalue weighted by Gasteiger charge is -2.09. The maximum Gasteiger partial charge on any atom is 0.337 e. The van der Waals surface area contributed by atoms with Crippen LogP contribution in [0.1, 0.15) is 21.7 Å². The summed E-state index contributed by atoms with van der Waals surface area (Å²) in [7, 11) is 1.36. The van der Waals surface area contributed by atoms with E-state index in [0.717, 1.165) is 10.7 Å². The minimum absolute atomic E-state index is 0.209. The van der Waals surface area contributed by atoms with Crippen molar-refractivity contribution in [2.24, 2.45) is 0 Å². The van der Waals surface area contributed by atoms with E-state index in [1.54, 1.807) is 30.3 Å². The number of halogens is 1. The highest BCUT2D eigenvalue weighted by Gasteiger charge is 2.13. The molecule has 0 aliphatic carbocycles. The number of methoxy groups -OCH3 is 1. The normalized spacial score (nSPS) is 10.6. The first-order valence-electron chi connectivity index (χ1n) is 8.82. The molecule has 8 heteroatoms. The number of benzene rings is 2. The standard InChI is InChI=1S/C21H20FN3O3S/c1-3-12-25-19(13-28-18-10-8-17(22)9-11-18)23-24-21(25)29-14-15-4-6-16(7-5-15)20(26)27-2/h3-11H,1,12-14H2,2H3. The molecule has 1 heterocycles. The molecular weight excluding hydrogens is 393 g/mol. The molecule has 6 nitrogen and oxygen atoms in total. The number of carbonyl (C=O) groups is 1. The zero-order chi connectivity index (χ0) is 20.6. The van der Waals surface area contributed by atoms with Crippen LogP contribution in [0.5, 0.6) is 5.75 Å². The summed E-state index contributed by atoms with van der Waals surface area (Å²) < 4.78 is 25.3. The number of ether oxygens (including phenoxy) is 2. The van der Waals surface area contributed by atoms with Crippen molar-refractivity contribution in [3.8, 4) is 5.75 Å². The number of thioether (sulfide) groups is 1. The molecule has 150 valence electrons. The Morgan fingerprint density at radius 2 is 1.90 bits per heavy atom. The third-order valence-corrected chi connectivity index (χ3v) is 5.07. The van der Waals surface area contributed by atoms with Crippen molar-refractivity contribution in [1.29, 1.82) is 0 Å². The number of aromatic nitrogens is 3. The second-order valence-corrected chi connectivity index (χ2v) is 6.96. The van der Waals surface area contributed by atoms with Crippen LogP contribution in [0.25, 0.3) is 0 Å². The molecule has 2 aromatic carbocycles. The van der Waals surface area contributed by atoms with Gasteiger partial charge in [0.25, 0.3) is 0 Å². The molecule has 0 bridgehead atoms. The van der Waals surface area contributed by atoms with Crippen LogP contribution < -0.4 is 4.74 Å². The van der Waals surface area contributed by atoms with Crippen LogP contribution in [0, 0.1) is 5.82 Å². The van der Waals surface area contributed by atoms with Gasteiger partial charge in [-0.15, -0.1) is 16.8 Å². The predicted octanol–water partition coefficient (Wildman–Crippen LogP) is 4.26. The van der Waals surface area contributed by atoms with E-state index in [-0.39, 0.29) is 18.4 Å². The molecule has 0 saturated carbocycles. The van der Waals surface area contributed by atoms with Crippen molar-refractivity contribution in [2.75, 3.05) is 7.11 Å². The molecule has 0 atom stereocenters. The SMILES string of the molecule is C=CCn1c(COc2ccc(F)cc2)nnc1SCc1ccc(C(=O)OC)cc1. The van der Waals surface area contributed by atoms with Gasteiger partial charge >= 0.3 is 5.97 Å². The van der Waals surface area contributed by atoms with Gasteiger partial charge in [0.05, 0.1) is 12.7 Å². The van der Waals surface area contributed by atoms with E-state index in [4.69, 9.17) is 9.47 Å². The van der Waals surface area contributed by atoms with Gasteiger partial charge in [-0.25, -0.2) is 9.18 Å². The molecule has 0 amide bonds. The van der Waals surface area contributed by atoms with Gasteiger partial charge in [-0.05, 0) is 42.0 Å². The molecule has 3 rings (SSSR count). The highest BCUT2D eigenvalue weighted by Crippen LogP contribution is 2.23. The highest BCUT2D eigenvalue weighted by atomic mass is 32.2. The molecule has 0 radical (unpaired) electrons. The van der Waals surface area contributed by atoms with E-state index in [9.17, 15) is 9.18 Å². The van der Waals surface area contributed by atoms with Crippen LogP contribution in [0.15, 0.2) is 66.3 Å². The summed E-state index contributed by atoms with van der Waals surface area (Å²) in [6, 6.07) is 13.1. The van der Waals surface area contributed by atoms with Crippen molar-refractivity contribution in [3.63, 3.8) is 0 Å². The number of hydrogen-bond acceptors (Lipinski definition) is 6. The van der Waals surface area contributed by atoms with Crippen LogP contribution in [0.4, 0.5) is 4.39 Å². The highest BCUT2D eigenvalue weighted by molar-refractivity contribution is 7.98. The van der Waals surface area contributed by atoms with E-state index in [1.807, 2.05) is 16.7 Å². The van der Waals surface area contributed by atoms with Gasteiger partial charge < -0.3 is 9.47 Å². The van der Waals surface area contributed by atoms with E-state index in [0.29, 0.717) is 29.4 Å². The van der Waals surface area contributed by atoms with Crippen LogP contribution in [0.3, 0.4) is 0 Å². The Morgan fingerprint density at radius 3 is 2.55 bits per heavy atom. The molecule has 0 N–H and O–H groups in total. The second-order valence-electron chi connectivity index (χ2n) is 6.02. The monoisotopic (exact) mass is 413 g/mol. The average molecular weight is 413 g/mol. The minimum atomic E-state index is -0.360. The smallest absolute Gasteiger partial charge is 0.337 e. The molecule has 0 spiro atoms. The lowest BCUT2D eigenvalue weighted by molar-refractivity contribution is 0.0600. The number of carbonyl (C=O) groups excluding carboxylic acids is 1. The van der Waals surface area contributed by atoms with E-state index in [1.165, 1.54) is 31.0 Å². The molecule has 0 fully saturated rings. The van der Waals surface area contributed by atoms with Crippen molar-refractivity contribution < 1.29 is 18.7 Å². The summed E-state index contributed by atoms with van der Waals surface area (Å²) in [4.78, 5) is 11.5. The molecule has 0 aliphatic heterocycles. The lowest BCUT2D eigenvalue weighted by atomic mass is 10.1. The van der Waals surface area contributed by atoms with Gasteiger partial charge in [0.2, 0.25) is 0 Å². The molecule has 0 unspecified atom stereocenters. The largest absolute Gasteiger partial charge is 0.486 e. The molecule has 0 saturated heterocycles. The lowest BCUT2D eigenvalue weighted by Crippen LogP contribution is -2.07. The van der Waals surface area contributed by atoms with Gasteiger partial charge in [-0.2, -0.15) is 0 Å². The summed E-state index contributed by atoms with van der Waals surface area (Å²) in [6.45, 7) is 4.54. The summed E-state index contributed by atoms with van der Waals surface area (Å²) in [5.41, 5.74) is 1.55. The number of esters is 1. The summed E-state index contributed by atoms with van der Waals surface area (Å²) in [6.07, 6.45) is 1.76. The zero-order valence-corrected chi connectivity index (χ0v) is 16.7. The quantitative estimate of drug-likeness (QED) is 0.297. The van der Waals surface area contributed by atoms with Gasteiger partial charge in [0, 0.05) is 12.3 Å². The number of allylic oxidation sites excluding steroid dienone is 1. The molecule has 3 aromatic rings. The van der Waals surface area contributed by atoms with Crippen LogP contribution in [-0.2, 0) is 23.6 Å². The van der Waals surface area contributed by atoms with Crippen molar-refractivity contribution in [2.45, 2.75) is 24.1 Å². The number of hydrogen-bond donors (Lipinski definition) is 0. The summed E-state index contributed by atoms with van der Waals surface area (Å²) in [5.74, 6) is 1.19. The Balaban J connectivity index is 1.65. The van der Waals surface area contributed by atoms with Crippen LogP contribution in [0.2, 0.25) is 0 Å². The third kappa shape index (κ3) is 5.45. The molecule has 0 aliphatic rings. The predicted molar refractivity (Wildman–Crippen MR) is 108 cm³/mol. The maximum absolute atomic E-state index is 13.0. The first-order valence-corrected chi connectivity index (χ1v) is 9.80. The topological polar surface area (TPSA) is 66.2 Å². The molecule has 29 heavy (non-hydrogen) atoms. The fourth-order valence-corrected chi connectivity index (χ4v) is 3.45. The molecule has 1 aromatic heterocycles. The van der Waals surface area contributed by atoms with Crippen molar-refractivity contribution in [1.82, 2.24) is 14.8 Å². The Hall–Kier alpha value is -3.13. The van der Waals surface area contributed by atoms with Gasteiger partial charge in [-0.1, -0.05) is 30.0 Å². The fourth-order valence-electron chi connectivity index (χ4n) is 2.53. The summed E-state index contributed by atoms with van der Waals surface area (Å²) >= 11 is 1.52.